The number of rotatable bonds is 6. The SMILES string of the molecule is COc1cccc(/C=C/C(=O)Nc2nnc(C3CC3)s2)c1OC. The van der Waals surface area contributed by atoms with Crippen molar-refractivity contribution in [1.82, 2.24) is 10.2 Å². The molecule has 2 aromatic rings. The first kappa shape index (κ1) is 15.5. The van der Waals surface area contributed by atoms with E-state index in [2.05, 4.69) is 15.5 Å². The second kappa shape index (κ2) is 6.78. The van der Waals surface area contributed by atoms with E-state index in [1.165, 1.54) is 17.4 Å². The van der Waals surface area contributed by atoms with Crippen LogP contribution in [0.2, 0.25) is 0 Å². The van der Waals surface area contributed by atoms with Gasteiger partial charge in [-0.3, -0.25) is 10.1 Å². The molecule has 1 N–H and O–H groups in total. The average molecular weight is 331 g/mol. The van der Waals surface area contributed by atoms with Crippen molar-refractivity contribution >= 4 is 28.5 Å². The monoisotopic (exact) mass is 331 g/mol. The zero-order chi connectivity index (χ0) is 16.2. The highest BCUT2D eigenvalue weighted by molar-refractivity contribution is 7.15. The molecule has 0 atom stereocenters. The number of anilines is 1. The van der Waals surface area contributed by atoms with Crippen LogP contribution in [0.5, 0.6) is 11.5 Å². The van der Waals surface area contributed by atoms with Crippen molar-refractivity contribution in [2.45, 2.75) is 18.8 Å². The van der Waals surface area contributed by atoms with Crippen LogP contribution in [0, 0.1) is 0 Å². The van der Waals surface area contributed by atoms with Crippen LogP contribution in [0.3, 0.4) is 0 Å². The summed E-state index contributed by atoms with van der Waals surface area (Å²) < 4.78 is 10.6. The Bertz CT molecular complexity index is 738. The van der Waals surface area contributed by atoms with E-state index >= 15 is 0 Å². The second-order valence-electron chi connectivity index (χ2n) is 5.13. The molecule has 0 saturated heterocycles. The Morgan fingerprint density at radius 1 is 1.30 bits per heavy atom. The predicted molar refractivity (Wildman–Crippen MR) is 89.1 cm³/mol. The summed E-state index contributed by atoms with van der Waals surface area (Å²) >= 11 is 1.43. The summed E-state index contributed by atoms with van der Waals surface area (Å²) in [6.45, 7) is 0. The Hall–Kier alpha value is -2.41. The Morgan fingerprint density at radius 3 is 2.83 bits per heavy atom. The molecule has 1 aromatic heterocycles. The van der Waals surface area contributed by atoms with Gasteiger partial charge in [0.15, 0.2) is 11.5 Å². The molecular weight excluding hydrogens is 314 g/mol. The summed E-state index contributed by atoms with van der Waals surface area (Å²) in [4.78, 5) is 12.0. The Labute approximate surface area is 138 Å². The molecule has 1 aliphatic rings. The van der Waals surface area contributed by atoms with Gasteiger partial charge in [0.2, 0.25) is 11.0 Å². The maximum Gasteiger partial charge on any atom is 0.250 e. The van der Waals surface area contributed by atoms with E-state index in [0.29, 0.717) is 22.5 Å². The van der Waals surface area contributed by atoms with Crippen LogP contribution in [-0.4, -0.2) is 30.3 Å². The molecule has 0 bridgehead atoms. The van der Waals surface area contributed by atoms with Crippen molar-refractivity contribution in [1.29, 1.82) is 0 Å². The number of para-hydroxylation sites is 1. The molecule has 1 heterocycles. The zero-order valence-corrected chi connectivity index (χ0v) is 13.7. The highest BCUT2D eigenvalue weighted by Crippen LogP contribution is 2.42. The average Bonchev–Trinajstić information content (AvgIpc) is 3.32. The topological polar surface area (TPSA) is 73.3 Å². The van der Waals surface area contributed by atoms with Gasteiger partial charge in [0.1, 0.15) is 5.01 Å². The molecule has 3 rings (SSSR count). The minimum atomic E-state index is -0.256. The molecule has 0 spiro atoms. The van der Waals surface area contributed by atoms with Crippen LogP contribution in [0.4, 0.5) is 5.13 Å². The molecule has 7 heteroatoms. The second-order valence-corrected chi connectivity index (χ2v) is 6.13. The van der Waals surface area contributed by atoms with E-state index in [4.69, 9.17) is 9.47 Å². The van der Waals surface area contributed by atoms with Gasteiger partial charge in [0.05, 0.1) is 14.2 Å². The van der Waals surface area contributed by atoms with E-state index in [1.54, 1.807) is 26.4 Å². The van der Waals surface area contributed by atoms with Gasteiger partial charge in [-0.05, 0) is 25.0 Å². The van der Waals surface area contributed by atoms with Crippen LogP contribution >= 0.6 is 11.3 Å². The first-order chi connectivity index (χ1) is 11.2. The lowest BCUT2D eigenvalue weighted by Crippen LogP contribution is -2.07. The number of carbonyl (C=O) groups is 1. The van der Waals surface area contributed by atoms with Crippen LogP contribution < -0.4 is 14.8 Å². The van der Waals surface area contributed by atoms with Gasteiger partial charge in [0.25, 0.3) is 0 Å². The first-order valence-corrected chi connectivity index (χ1v) is 8.06. The fourth-order valence-electron chi connectivity index (χ4n) is 2.14. The summed E-state index contributed by atoms with van der Waals surface area (Å²) in [5, 5.41) is 12.3. The smallest absolute Gasteiger partial charge is 0.250 e. The molecule has 1 saturated carbocycles. The van der Waals surface area contributed by atoms with Gasteiger partial charge in [-0.2, -0.15) is 0 Å². The third-order valence-corrected chi connectivity index (χ3v) is 4.45. The standard InChI is InChI=1S/C16H17N3O3S/c1-21-12-5-3-4-10(14(12)22-2)8-9-13(20)17-16-19-18-15(23-16)11-6-7-11/h3-5,8-9,11H,6-7H2,1-2H3,(H,17,19,20)/b9-8+. The normalized spacial score (nSPS) is 14.0. The number of nitrogens with one attached hydrogen (secondary N) is 1. The lowest BCUT2D eigenvalue weighted by Gasteiger charge is -2.09. The number of carbonyl (C=O) groups excluding carboxylic acids is 1. The van der Waals surface area contributed by atoms with Crippen molar-refractivity contribution in [3.8, 4) is 11.5 Å². The predicted octanol–water partition coefficient (Wildman–Crippen LogP) is 3.08. The Kier molecular flexibility index (Phi) is 4.57. The van der Waals surface area contributed by atoms with Crippen molar-refractivity contribution in [3.63, 3.8) is 0 Å². The van der Waals surface area contributed by atoms with E-state index in [0.717, 1.165) is 23.4 Å². The summed E-state index contributed by atoms with van der Waals surface area (Å²) in [5.41, 5.74) is 0.762. The summed E-state index contributed by atoms with van der Waals surface area (Å²) in [5.74, 6) is 1.49. The van der Waals surface area contributed by atoms with Gasteiger partial charge < -0.3 is 9.47 Å². The number of aromatic nitrogens is 2. The van der Waals surface area contributed by atoms with Crippen molar-refractivity contribution in [3.05, 3.63) is 34.8 Å². The fourth-order valence-corrected chi connectivity index (χ4v) is 3.05. The molecule has 1 aliphatic carbocycles. The van der Waals surface area contributed by atoms with E-state index in [9.17, 15) is 4.79 Å². The van der Waals surface area contributed by atoms with Crippen LogP contribution in [0.1, 0.15) is 29.3 Å². The molecule has 120 valence electrons. The van der Waals surface area contributed by atoms with Gasteiger partial charge in [-0.15, -0.1) is 10.2 Å². The third kappa shape index (κ3) is 3.68. The Balaban J connectivity index is 1.68. The summed E-state index contributed by atoms with van der Waals surface area (Å²) in [7, 11) is 3.14. The zero-order valence-electron chi connectivity index (χ0n) is 12.9. The quantitative estimate of drug-likeness (QED) is 0.824. The molecule has 0 unspecified atom stereocenters. The highest BCUT2D eigenvalue weighted by atomic mass is 32.1. The van der Waals surface area contributed by atoms with Crippen molar-refractivity contribution < 1.29 is 14.3 Å². The highest BCUT2D eigenvalue weighted by Gasteiger charge is 2.27. The van der Waals surface area contributed by atoms with Crippen LogP contribution in [-0.2, 0) is 4.79 Å². The van der Waals surface area contributed by atoms with Gasteiger partial charge >= 0.3 is 0 Å². The van der Waals surface area contributed by atoms with Gasteiger partial charge in [0, 0.05) is 17.6 Å². The lowest BCUT2D eigenvalue weighted by molar-refractivity contribution is -0.111. The maximum absolute atomic E-state index is 12.0. The number of amides is 1. The molecule has 0 radical (unpaired) electrons. The molecule has 23 heavy (non-hydrogen) atoms. The first-order valence-electron chi connectivity index (χ1n) is 7.24. The number of benzene rings is 1. The Morgan fingerprint density at radius 2 is 2.13 bits per heavy atom. The maximum atomic E-state index is 12.0. The lowest BCUT2D eigenvalue weighted by atomic mass is 10.1. The van der Waals surface area contributed by atoms with E-state index < -0.39 is 0 Å². The fraction of sp³-hybridized carbons (Fsp3) is 0.312. The van der Waals surface area contributed by atoms with Crippen LogP contribution in [0.15, 0.2) is 24.3 Å². The summed E-state index contributed by atoms with van der Waals surface area (Å²) in [6, 6.07) is 5.49. The van der Waals surface area contributed by atoms with Crippen molar-refractivity contribution in [2.75, 3.05) is 19.5 Å². The van der Waals surface area contributed by atoms with Crippen LogP contribution in [0.25, 0.3) is 6.08 Å². The molecular formula is C16H17N3O3S. The number of hydrogen-bond donors (Lipinski definition) is 1. The molecule has 0 aliphatic heterocycles. The van der Waals surface area contributed by atoms with Crippen molar-refractivity contribution in [2.24, 2.45) is 0 Å². The molecule has 1 fully saturated rings. The van der Waals surface area contributed by atoms with Gasteiger partial charge in [-0.1, -0.05) is 23.5 Å². The summed E-state index contributed by atoms with van der Waals surface area (Å²) in [6.07, 6.45) is 5.45. The number of methoxy groups -OCH3 is 2. The number of ether oxygens (including phenoxy) is 2. The van der Waals surface area contributed by atoms with Gasteiger partial charge in [-0.25, -0.2) is 0 Å². The van der Waals surface area contributed by atoms with E-state index in [1.807, 2.05) is 12.1 Å². The third-order valence-electron chi connectivity index (χ3n) is 3.45. The molecule has 1 amide bonds. The minimum absolute atomic E-state index is 0.256. The number of nitrogens with zero attached hydrogens (tertiary/aromatic N) is 2. The minimum Gasteiger partial charge on any atom is -0.493 e. The number of hydrogen-bond acceptors (Lipinski definition) is 6. The molecule has 1 aromatic carbocycles. The molecule has 6 nitrogen and oxygen atoms in total. The van der Waals surface area contributed by atoms with E-state index in [-0.39, 0.29) is 5.91 Å². The largest absolute Gasteiger partial charge is 0.493 e.